The Balaban J connectivity index is 2.21. The van der Waals surface area contributed by atoms with E-state index in [9.17, 15) is 26.7 Å². The topological polar surface area (TPSA) is 56.0 Å². The minimum Gasteiger partial charge on any atom is -0.361 e. The molecule has 2 aromatic carbocycles. The molecule has 0 aliphatic carbocycles. The average Bonchev–Trinajstić information content (AvgIpc) is 2.99. The number of thiazole rings is 1. The first-order valence-corrected chi connectivity index (χ1v) is 9.22. The molecule has 1 aromatic heterocycles. The van der Waals surface area contributed by atoms with E-state index in [-0.39, 0.29) is 4.88 Å². The Kier molecular flexibility index (Phi) is 5.20. The monoisotopic (exact) mass is 413 g/mol. The lowest BCUT2D eigenvalue weighted by Gasteiger charge is -2.08. The van der Waals surface area contributed by atoms with E-state index in [1.165, 1.54) is 19.1 Å². The van der Waals surface area contributed by atoms with E-state index < -0.39 is 40.2 Å². The zero-order valence-corrected chi connectivity index (χ0v) is 15.2. The van der Waals surface area contributed by atoms with Crippen LogP contribution >= 0.6 is 10.5 Å². The summed E-state index contributed by atoms with van der Waals surface area (Å²) in [4.78, 5) is 15.9. The Morgan fingerprint density at radius 3 is 2.21 bits per heavy atom. The number of alkyl halides is 5. The standard InChI is InChI=1S/C19H13F5N2OS/c1-10-26-15(17(20)21)16(18(25)27)28(10)14-5-3-2-4-13(14)11-6-8-12(9-7-11)19(22,23)24/h2-9,17H,1H3,(H-,25,27)/p+1. The number of aryl methyl sites for hydroxylation is 1. The fourth-order valence-corrected chi connectivity index (χ4v) is 5.07. The predicted molar refractivity (Wildman–Crippen MR) is 96.7 cm³/mol. The second-order valence-corrected chi connectivity index (χ2v) is 7.94. The molecule has 0 radical (unpaired) electrons. The van der Waals surface area contributed by atoms with Gasteiger partial charge in [0.2, 0.25) is 5.01 Å². The number of nitrogens with zero attached hydrogens (tertiary/aromatic N) is 1. The van der Waals surface area contributed by atoms with E-state index in [0.29, 0.717) is 21.0 Å². The molecule has 3 aromatic rings. The van der Waals surface area contributed by atoms with Gasteiger partial charge in [-0.2, -0.15) is 18.2 Å². The van der Waals surface area contributed by atoms with Crippen LogP contribution in [0.3, 0.4) is 0 Å². The smallest absolute Gasteiger partial charge is 0.361 e. The van der Waals surface area contributed by atoms with Crippen LogP contribution in [-0.2, 0) is 6.18 Å². The number of nitrogens with two attached hydrogens (primary N) is 1. The number of aromatic nitrogens is 1. The van der Waals surface area contributed by atoms with Crippen LogP contribution in [0, 0.1) is 6.92 Å². The molecule has 0 fully saturated rings. The van der Waals surface area contributed by atoms with Crippen molar-refractivity contribution in [1.29, 1.82) is 0 Å². The molecule has 2 N–H and O–H groups in total. The first-order valence-electron chi connectivity index (χ1n) is 7.99. The van der Waals surface area contributed by atoms with Gasteiger partial charge in [0.25, 0.3) is 11.3 Å². The van der Waals surface area contributed by atoms with Gasteiger partial charge in [0, 0.05) is 12.5 Å². The number of carbonyl (C=O) groups is 1. The largest absolute Gasteiger partial charge is 0.416 e. The fourth-order valence-electron chi connectivity index (χ4n) is 2.88. The number of hydrogen-bond acceptors (Lipinski definition) is 2. The molecule has 9 heteroatoms. The fraction of sp³-hybridized carbons (Fsp3) is 0.158. The second-order valence-electron chi connectivity index (χ2n) is 5.89. The van der Waals surface area contributed by atoms with E-state index in [4.69, 9.17) is 5.73 Å². The third kappa shape index (κ3) is 3.62. The van der Waals surface area contributed by atoms with E-state index in [1.807, 2.05) is 0 Å². The Bertz CT molecular complexity index is 1030. The predicted octanol–water partition coefficient (Wildman–Crippen LogP) is 5.85. The van der Waals surface area contributed by atoms with Gasteiger partial charge in [-0.1, -0.05) is 24.3 Å². The van der Waals surface area contributed by atoms with Crippen molar-refractivity contribution in [3.63, 3.8) is 0 Å². The molecule has 3 rings (SSSR count). The summed E-state index contributed by atoms with van der Waals surface area (Å²) in [6.07, 6.45) is -7.43. The molecule has 0 aliphatic rings. The quantitative estimate of drug-likeness (QED) is 0.431. The second kappa shape index (κ2) is 7.31. The normalized spacial score (nSPS) is 12.5. The molecule has 0 spiro atoms. The van der Waals surface area contributed by atoms with Gasteiger partial charge in [0.1, 0.15) is 0 Å². The highest BCUT2D eigenvalue weighted by molar-refractivity contribution is 7.41. The number of halogens is 5. The van der Waals surface area contributed by atoms with Crippen molar-refractivity contribution in [2.24, 2.45) is 5.73 Å². The minimum atomic E-state index is -4.47. The molecule has 1 unspecified atom stereocenters. The molecule has 0 bridgehead atoms. The zero-order chi connectivity index (χ0) is 20.6. The summed E-state index contributed by atoms with van der Waals surface area (Å²) in [5, 5.41) is 0.295. The van der Waals surface area contributed by atoms with Gasteiger partial charge in [-0.3, -0.25) is 4.79 Å². The van der Waals surface area contributed by atoms with Crippen LogP contribution in [0.15, 0.2) is 48.5 Å². The maximum absolute atomic E-state index is 13.3. The van der Waals surface area contributed by atoms with Gasteiger partial charge in [-0.05, 0) is 29.8 Å². The first-order chi connectivity index (χ1) is 13.1. The van der Waals surface area contributed by atoms with E-state index in [2.05, 4.69) is 4.98 Å². The highest BCUT2D eigenvalue weighted by atomic mass is 32.2. The molecule has 1 heterocycles. The van der Waals surface area contributed by atoms with Gasteiger partial charge in [0.15, 0.2) is 10.6 Å². The Morgan fingerprint density at radius 1 is 1.07 bits per heavy atom. The lowest BCUT2D eigenvalue weighted by molar-refractivity contribution is -0.137. The molecular formula is C19H14F5N2OS+. The Hall–Kier alpha value is -2.81. The van der Waals surface area contributed by atoms with Crippen molar-refractivity contribution in [1.82, 2.24) is 4.98 Å². The maximum Gasteiger partial charge on any atom is 0.416 e. The summed E-state index contributed by atoms with van der Waals surface area (Å²) in [5.74, 6) is -0.999. The number of amides is 1. The third-order valence-electron chi connectivity index (χ3n) is 4.07. The van der Waals surface area contributed by atoms with Crippen molar-refractivity contribution in [3.05, 3.63) is 69.7 Å². The summed E-state index contributed by atoms with van der Waals surface area (Å²) in [6.45, 7) is 1.52. The molecule has 0 saturated heterocycles. The maximum atomic E-state index is 13.3. The average molecular weight is 413 g/mol. The van der Waals surface area contributed by atoms with E-state index in [1.54, 1.807) is 24.3 Å². The number of benzene rings is 2. The highest BCUT2D eigenvalue weighted by Gasteiger charge is 2.37. The van der Waals surface area contributed by atoms with Crippen molar-refractivity contribution in [3.8, 4) is 16.0 Å². The summed E-state index contributed by atoms with van der Waals surface area (Å²) in [6, 6.07) is 11.1. The van der Waals surface area contributed by atoms with Crippen molar-refractivity contribution in [2.75, 3.05) is 0 Å². The summed E-state index contributed by atoms with van der Waals surface area (Å²) >= 11 is 0. The third-order valence-corrected chi connectivity index (χ3v) is 6.37. The summed E-state index contributed by atoms with van der Waals surface area (Å²) < 4.78 is 65.1. The highest BCUT2D eigenvalue weighted by Crippen LogP contribution is 2.46. The van der Waals surface area contributed by atoms with E-state index in [0.717, 1.165) is 12.1 Å². The molecule has 28 heavy (non-hydrogen) atoms. The van der Waals surface area contributed by atoms with Crippen LogP contribution in [0.5, 0.6) is 0 Å². The van der Waals surface area contributed by atoms with Gasteiger partial charge in [-0.25, -0.2) is 8.78 Å². The first kappa shape index (κ1) is 19.9. The zero-order valence-electron chi connectivity index (χ0n) is 14.4. The van der Waals surface area contributed by atoms with Gasteiger partial charge in [0.05, 0.1) is 16.0 Å². The van der Waals surface area contributed by atoms with Gasteiger partial charge >= 0.3 is 12.1 Å². The van der Waals surface area contributed by atoms with Crippen LogP contribution in [0.25, 0.3) is 16.0 Å². The van der Waals surface area contributed by atoms with Gasteiger partial charge in [-0.15, -0.1) is 0 Å². The molecular weight excluding hydrogens is 399 g/mol. The Morgan fingerprint density at radius 2 is 1.68 bits per heavy atom. The SMILES string of the molecule is Cc1nc(C(F)F)c(C(N)=O)[s+]1-c1ccccc1-c1ccc(C(F)(F)F)cc1. The van der Waals surface area contributed by atoms with Crippen molar-refractivity contribution < 1.29 is 26.7 Å². The lowest BCUT2D eigenvalue weighted by atomic mass is 10.0. The summed E-state index contributed by atoms with van der Waals surface area (Å²) in [5.41, 5.74) is 4.87. The molecule has 3 nitrogen and oxygen atoms in total. The molecule has 1 amide bonds. The molecule has 146 valence electrons. The molecule has 0 saturated carbocycles. The van der Waals surface area contributed by atoms with Crippen LogP contribution in [-0.4, -0.2) is 10.9 Å². The van der Waals surface area contributed by atoms with Crippen LogP contribution in [0.1, 0.15) is 32.4 Å². The number of rotatable bonds is 4. The lowest BCUT2D eigenvalue weighted by Crippen LogP contribution is -2.12. The van der Waals surface area contributed by atoms with Crippen LogP contribution < -0.4 is 5.73 Å². The number of carbonyl (C=O) groups excluding carboxylic acids is 1. The molecule has 1 atom stereocenters. The molecule has 0 aliphatic heterocycles. The number of hydrogen-bond donors (Lipinski definition) is 1. The van der Waals surface area contributed by atoms with Crippen molar-refractivity contribution in [2.45, 2.75) is 19.5 Å². The van der Waals surface area contributed by atoms with Gasteiger partial charge < -0.3 is 5.73 Å². The van der Waals surface area contributed by atoms with E-state index >= 15 is 0 Å². The van der Waals surface area contributed by atoms with Crippen LogP contribution in [0.4, 0.5) is 22.0 Å². The Labute approximate surface area is 159 Å². The minimum absolute atomic E-state index is 0.271. The number of primary amides is 1. The summed E-state index contributed by atoms with van der Waals surface area (Å²) in [7, 11) is -1.24. The van der Waals surface area contributed by atoms with Crippen LogP contribution in [0.2, 0.25) is 0 Å². The van der Waals surface area contributed by atoms with Crippen molar-refractivity contribution >= 4 is 16.4 Å².